The van der Waals surface area contributed by atoms with Crippen LogP contribution in [0.5, 0.6) is 5.75 Å². The molecule has 0 spiro atoms. The summed E-state index contributed by atoms with van der Waals surface area (Å²) >= 11 is 0. The van der Waals surface area contributed by atoms with Gasteiger partial charge in [0.2, 0.25) is 0 Å². The first kappa shape index (κ1) is 9.84. The van der Waals surface area contributed by atoms with Crippen LogP contribution < -0.4 is 4.74 Å². The van der Waals surface area contributed by atoms with Crippen molar-refractivity contribution in [1.82, 2.24) is 15.2 Å². The van der Waals surface area contributed by atoms with Gasteiger partial charge in [-0.1, -0.05) is 30.3 Å². The minimum atomic E-state index is 0.547. The summed E-state index contributed by atoms with van der Waals surface area (Å²) in [6.45, 7) is 0.547. The van der Waals surface area contributed by atoms with Crippen LogP contribution in [0.3, 0.4) is 0 Å². The van der Waals surface area contributed by atoms with Crippen LogP contribution in [0, 0.1) is 0 Å². The van der Waals surface area contributed by atoms with Crippen molar-refractivity contribution in [3.05, 3.63) is 54.4 Å². The van der Waals surface area contributed by atoms with Gasteiger partial charge in [-0.25, -0.2) is 4.98 Å². The topological polar surface area (TPSA) is 50.8 Å². The molecule has 1 aromatic carbocycles. The summed E-state index contributed by atoms with van der Waals surface area (Å²) in [5, 5.41) is 7.67. The maximum Gasteiger partial charge on any atom is 0.158 e. The summed E-state index contributed by atoms with van der Waals surface area (Å²) in [6, 6.07) is 11.9. The zero-order chi connectivity index (χ0) is 11.5. The summed E-state index contributed by atoms with van der Waals surface area (Å²) in [5.74, 6) is 0.799. The lowest BCUT2D eigenvalue weighted by molar-refractivity contribution is 0.310. The lowest BCUT2D eigenvalue weighted by atomic mass is 10.2. The summed E-state index contributed by atoms with van der Waals surface area (Å²) in [7, 11) is 0. The monoisotopic (exact) mass is 225 g/mol. The van der Waals surface area contributed by atoms with E-state index >= 15 is 0 Å². The maximum absolute atomic E-state index is 5.76. The predicted molar refractivity (Wildman–Crippen MR) is 64.7 cm³/mol. The highest BCUT2D eigenvalue weighted by Gasteiger charge is 2.04. The molecule has 17 heavy (non-hydrogen) atoms. The number of hydrogen-bond donors (Lipinski definition) is 1. The van der Waals surface area contributed by atoms with Gasteiger partial charge in [-0.05, 0) is 11.6 Å². The zero-order valence-corrected chi connectivity index (χ0v) is 9.13. The minimum Gasteiger partial charge on any atom is -0.488 e. The third-order valence-corrected chi connectivity index (χ3v) is 2.55. The molecular formula is C13H11N3O. The number of nitrogens with zero attached hydrogens (tertiary/aromatic N) is 2. The molecule has 4 heteroatoms. The molecule has 0 aliphatic rings. The van der Waals surface area contributed by atoms with E-state index in [1.807, 2.05) is 36.4 Å². The third kappa shape index (κ3) is 1.97. The summed E-state index contributed by atoms with van der Waals surface area (Å²) in [5.41, 5.74) is 1.89. The lowest BCUT2D eigenvalue weighted by Gasteiger charge is -2.06. The number of ether oxygens (including phenoxy) is 1. The number of benzene rings is 1. The van der Waals surface area contributed by atoms with Gasteiger partial charge in [0.1, 0.15) is 12.4 Å². The molecule has 0 amide bonds. The molecule has 0 aliphatic heterocycles. The van der Waals surface area contributed by atoms with Crippen LogP contribution in [0.1, 0.15) is 5.56 Å². The number of H-pyrrole nitrogens is 1. The van der Waals surface area contributed by atoms with Crippen molar-refractivity contribution in [2.24, 2.45) is 0 Å². The molecule has 3 aromatic rings. The van der Waals surface area contributed by atoms with Crippen molar-refractivity contribution in [2.75, 3.05) is 0 Å². The van der Waals surface area contributed by atoms with Crippen molar-refractivity contribution in [3.8, 4) is 5.75 Å². The highest BCUT2D eigenvalue weighted by molar-refractivity contribution is 5.80. The van der Waals surface area contributed by atoms with E-state index in [-0.39, 0.29) is 0 Å². The lowest BCUT2D eigenvalue weighted by Crippen LogP contribution is -1.95. The van der Waals surface area contributed by atoms with E-state index in [9.17, 15) is 0 Å². The fourth-order valence-electron chi connectivity index (χ4n) is 1.69. The Morgan fingerprint density at radius 2 is 2.00 bits per heavy atom. The van der Waals surface area contributed by atoms with Gasteiger partial charge < -0.3 is 4.74 Å². The second kappa shape index (κ2) is 4.25. The molecule has 1 N–H and O–H groups in total. The quantitative estimate of drug-likeness (QED) is 0.745. The normalized spacial score (nSPS) is 10.6. The van der Waals surface area contributed by atoms with Crippen LogP contribution in [0.15, 0.2) is 48.8 Å². The Morgan fingerprint density at radius 1 is 1.12 bits per heavy atom. The maximum atomic E-state index is 5.76. The molecule has 0 bridgehead atoms. The molecule has 0 atom stereocenters. The molecule has 84 valence electrons. The summed E-state index contributed by atoms with van der Waals surface area (Å²) in [6.07, 6.45) is 3.43. The number of fused-ring (bicyclic) bond motifs is 1. The summed E-state index contributed by atoms with van der Waals surface area (Å²) < 4.78 is 5.76. The van der Waals surface area contributed by atoms with Gasteiger partial charge in [0.15, 0.2) is 5.65 Å². The molecule has 4 nitrogen and oxygen atoms in total. The SMILES string of the molecule is c1ccc(COc2ccnc3[nH]ncc23)cc1. The zero-order valence-electron chi connectivity index (χ0n) is 9.13. The van der Waals surface area contributed by atoms with Crippen LogP contribution in [0.4, 0.5) is 0 Å². The third-order valence-electron chi connectivity index (χ3n) is 2.55. The highest BCUT2D eigenvalue weighted by atomic mass is 16.5. The van der Waals surface area contributed by atoms with Crippen molar-refractivity contribution < 1.29 is 4.74 Å². The van der Waals surface area contributed by atoms with E-state index in [2.05, 4.69) is 15.2 Å². The molecule has 0 fully saturated rings. The molecule has 2 aromatic heterocycles. The average molecular weight is 225 g/mol. The Kier molecular flexibility index (Phi) is 2.46. The number of rotatable bonds is 3. The van der Waals surface area contributed by atoms with Gasteiger partial charge in [0.25, 0.3) is 0 Å². The van der Waals surface area contributed by atoms with Crippen molar-refractivity contribution >= 4 is 11.0 Å². The molecular weight excluding hydrogens is 214 g/mol. The second-order valence-corrected chi connectivity index (χ2v) is 3.72. The molecule has 0 aliphatic carbocycles. The molecule has 2 heterocycles. The van der Waals surface area contributed by atoms with Gasteiger partial charge in [-0.2, -0.15) is 5.10 Å². The van der Waals surface area contributed by atoms with Gasteiger partial charge in [0, 0.05) is 6.20 Å². The first-order chi connectivity index (χ1) is 8.43. The van der Waals surface area contributed by atoms with E-state index in [0.717, 1.165) is 22.3 Å². The Balaban J connectivity index is 1.84. The van der Waals surface area contributed by atoms with E-state index in [4.69, 9.17) is 4.74 Å². The molecule has 0 saturated carbocycles. The second-order valence-electron chi connectivity index (χ2n) is 3.72. The van der Waals surface area contributed by atoms with Crippen LogP contribution in [-0.2, 0) is 6.61 Å². The molecule has 0 saturated heterocycles. The molecule has 3 rings (SSSR count). The van der Waals surface area contributed by atoms with Gasteiger partial charge >= 0.3 is 0 Å². The molecule has 0 unspecified atom stereocenters. The van der Waals surface area contributed by atoms with Crippen molar-refractivity contribution in [1.29, 1.82) is 0 Å². The highest BCUT2D eigenvalue weighted by Crippen LogP contribution is 2.22. The Labute approximate surface area is 98.3 Å². The Morgan fingerprint density at radius 3 is 2.88 bits per heavy atom. The van der Waals surface area contributed by atoms with Crippen LogP contribution in [-0.4, -0.2) is 15.2 Å². The number of pyridine rings is 1. The standard InChI is InChI=1S/C13H11N3O/c1-2-4-10(5-3-1)9-17-12-6-7-14-13-11(12)8-15-16-13/h1-8H,9H2,(H,14,15,16). The van der Waals surface area contributed by atoms with Crippen molar-refractivity contribution in [2.45, 2.75) is 6.61 Å². The van der Waals surface area contributed by atoms with Gasteiger partial charge in [0.05, 0.1) is 11.6 Å². The largest absolute Gasteiger partial charge is 0.488 e. The van der Waals surface area contributed by atoms with Crippen molar-refractivity contribution in [3.63, 3.8) is 0 Å². The number of aromatic amines is 1. The Bertz CT molecular complexity index is 619. The smallest absolute Gasteiger partial charge is 0.158 e. The molecule has 0 radical (unpaired) electrons. The van der Waals surface area contributed by atoms with E-state index in [0.29, 0.717) is 6.61 Å². The fourth-order valence-corrected chi connectivity index (χ4v) is 1.69. The van der Waals surface area contributed by atoms with E-state index in [1.54, 1.807) is 12.4 Å². The van der Waals surface area contributed by atoms with E-state index < -0.39 is 0 Å². The Hall–Kier alpha value is -2.36. The van der Waals surface area contributed by atoms with E-state index in [1.165, 1.54) is 0 Å². The summed E-state index contributed by atoms with van der Waals surface area (Å²) in [4.78, 5) is 4.16. The number of hydrogen-bond acceptors (Lipinski definition) is 3. The van der Waals surface area contributed by atoms with Crippen LogP contribution >= 0.6 is 0 Å². The van der Waals surface area contributed by atoms with Gasteiger partial charge in [-0.3, -0.25) is 5.10 Å². The average Bonchev–Trinajstić information content (AvgIpc) is 2.86. The fraction of sp³-hybridized carbons (Fsp3) is 0.0769. The minimum absolute atomic E-state index is 0.547. The number of aromatic nitrogens is 3. The first-order valence-corrected chi connectivity index (χ1v) is 5.38. The van der Waals surface area contributed by atoms with Crippen LogP contribution in [0.2, 0.25) is 0 Å². The van der Waals surface area contributed by atoms with Gasteiger partial charge in [-0.15, -0.1) is 0 Å². The van der Waals surface area contributed by atoms with Crippen LogP contribution in [0.25, 0.3) is 11.0 Å². The predicted octanol–water partition coefficient (Wildman–Crippen LogP) is 2.54. The first-order valence-electron chi connectivity index (χ1n) is 5.38. The number of nitrogens with one attached hydrogen (secondary N) is 1.